The van der Waals surface area contributed by atoms with E-state index in [-0.39, 0.29) is 11.7 Å². The molecular formula is C23H18FN7O. The van der Waals surface area contributed by atoms with Crippen LogP contribution >= 0.6 is 0 Å². The van der Waals surface area contributed by atoms with E-state index in [1.54, 1.807) is 39.8 Å². The van der Waals surface area contributed by atoms with Crippen LogP contribution in [-0.2, 0) is 0 Å². The fourth-order valence-electron chi connectivity index (χ4n) is 3.50. The summed E-state index contributed by atoms with van der Waals surface area (Å²) in [5.41, 5.74) is 3.45. The standard InChI is InChI=1S/C23H18FN7O/c1-14-4-3-5-16(10-14)23(32)28-20-11-15(2)29-31(20)22-19-12-27-30(21(19)25-13-26-22)18-8-6-17(24)7-9-18/h3-13H,1-2H3,(H,28,32). The largest absolute Gasteiger partial charge is 0.306 e. The molecule has 0 unspecified atom stereocenters. The van der Waals surface area contributed by atoms with Gasteiger partial charge in [-0.25, -0.2) is 19.0 Å². The number of nitrogens with one attached hydrogen (secondary N) is 1. The third kappa shape index (κ3) is 3.49. The highest BCUT2D eigenvalue weighted by Crippen LogP contribution is 2.24. The van der Waals surface area contributed by atoms with E-state index in [9.17, 15) is 9.18 Å². The molecule has 0 aliphatic carbocycles. The number of carbonyl (C=O) groups is 1. The van der Waals surface area contributed by atoms with E-state index in [1.807, 2.05) is 32.0 Å². The van der Waals surface area contributed by atoms with Gasteiger partial charge in [-0.2, -0.15) is 14.9 Å². The van der Waals surface area contributed by atoms with Crippen molar-refractivity contribution < 1.29 is 9.18 Å². The molecule has 3 heterocycles. The van der Waals surface area contributed by atoms with Crippen LogP contribution in [-0.4, -0.2) is 35.4 Å². The smallest absolute Gasteiger partial charge is 0.256 e. The Morgan fingerprint density at radius 1 is 1.00 bits per heavy atom. The van der Waals surface area contributed by atoms with Crippen molar-refractivity contribution in [3.63, 3.8) is 0 Å². The number of aryl methyl sites for hydroxylation is 2. The van der Waals surface area contributed by atoms with Gasteiger partial charge in [-0.15, -0.1) is 0 Å². The first-order chi connectivity index (χ1) is 15.5. The van der Waals surface area contributed by atoms with Crippen molar-refractivity contribution in [2.45, 2.75) is 13.8 Å². The van der Waals surface area contributed by atoms with Gasteiger partial charge in [-0.3, -0.25) is 4.79 Å². The average molecular weight is 427 g/mol. The van der Waals surface area contributed by atoms with E-state index in [2.05, 4.69) is 25.5 Å². The number of aromatic nitrogens is 6. The molecule has 1 amide bonds. The fourth-order valence-corrected chi connectivity index (χ4v) is 3.50. The van der Waals surface area contributed by atoms with Crippen LogP contribution in [0.2, 0.25) is 0 Å². The number of hydrogen-bond donors (Lipinski definition) is 1. The highest BCUT2D eigenvalue weighted by Gasteiger charge is 2.18. The van der Waals surface area contributed by atoms with Crippen LogP contribution in [0, 0.1) is 19.7 Å². The number of hydrogen-bond acceptors (Lipinski definition) is 5. The quantitative estimate of drug-likeness (QED) is 0.468. The second-order valence-corrected chi connectivity index (χ2v) is 7.37. The molecule has 8 nitrogen and oxygen atoms in total. The highest BCUT2D eigenvalue weighted by atomic mass is 19.1. The molecular weight excluding hydrogens is 409 g/mol. The monoisotopic (exact) mass is 427 g/mol. The van der Waals surface area contributed by atoms with Crippen molar-refractivity contribution in [1.29, 1.82) is 0 Å². The molecule has 0 atom stereocenters. The summed E-state index contributed by atoms with van der Waals surface area (Å²) in [5, 5.41) is 12.5. The van der Waals surface area contributed by atoms with Crippen LogP contribution in [0.1, 0.15) is 21.6 Å². The van der Waals surface area contributed by atoms with Crippen molar-refractivity contribution in [1.82, 2.24) is 29.5 Å². The molecule has 0 aliphatic heterocycles. The van der Waals surface area contributed by atoms with E-state index in [4.69, 9.17) is 0 Å². The van der Waals surface area contributed by atoms with Gasteiger partial charge in [0.25, 0.3) is 5.91 Å². The molecule has 0 saturated heterocycles. The van der Waals surface area contributed by atoms with Crippen molar-refractivity contribution in [3.05, 3.63) is 89.8 Å². The number of halogens is 1. The maximum atomic E-state index is 13.3. The Morgan fingerprint density at radius 2 is 1.81 bits per heavy atom. The minimum Gasteiger partial charge on any atom is -0.306 e. The second-order valence-electron chi connectivity index (χ2n) is 7.37. The summed E-state index contributed by atoms with van der Waals surface area (Å²) in [6.07, 6.45) is 3.03. The summed E-state index contributed by atoms with van der Waals surface area (Å²) in [6, 6.07) is 15.1. The first-order valence-electron chi connectivity index (χ1n) is 9.89. The van der Waals surface area contributed by atoms with Gasteiger partial charge >= 0.3 is 0 Å². The predicted molar refractivity (Wildman–Crippen MR) is 118 cm³/mol. The number of anilines is 1. The Morgan fingerprint density at radius 3 is 2.59 bits per heavy atom. The molecule has 3 aromatic heterocycles. The van der Waals surface area contributed by atoms with Crippen LogP contribution in [0.25, 0.3) is 22.5 Å². The van der Waals surface area contributed by atoms with E-state index in [0.29, 0.717) is 39.6 Å². The lowest BCUT2D eigenvalue weighted by Gasteiger charge is -2.09. The van der Waals surface area contributed by atoms with Gasteiger partial charge in [-0.05, 0) is 50.2 Å². The molecule has 2 aromatic carbocycles. The number of amides is 1. The van der Waals surface area contributed by atoms with Crippen molar-refractivity contribution in [2.24, 2.45) is 0 Å². The molecule has 1 N–H and O–H groups in total. The van der Waals surface area contributed by atoms with Crippen LogP contribution in [0.15, 0.2) is 67.1 Å². The van der Waals surface area contributed by atoms with Crippen LogP contribution in [0.5, 0.6) is 0 Å². The SMILES string of the molecule is Cc1cccc(C(=O)Nc2cc(C)nn2-c2ncnc3c2cnn3-c2ccc(F)cc2)c1. The molecule has 0 spiro atoms. The Balaban J connectivity index is 1.56. The number of benzene rings is 2. The van der Waals surface area contributed by atoms with Gasteiger partial charge in [0.1, 0.15) is 18.0 Å². The summed E-state index contributed by atoms with van der Waals surface area (Å²) in [7, 11) is 0. The lowest BCUT2D eigenvalue weighted by Crippen LogP contribution is -2.16. The minimum atomic E-state index is -0.332. The van der Waals surface area contributed by atoms with E-state index in [0.717, 1.165) is 5.56 Å². The summed E-state index contributed by atoms with van der Waals surface area (Å²) in [4.78, 5) is 21.5. The minimum absolute atomic E-state index is 0.248. The number of fused-ring (bicyclic) bond motifs is 1. The van der Waals surface area contributed by atoms with E-state index in [1.165, 1.54) is 18.5 Å². The van der Waals surface area contributed by atoms with Crippen molar-refractivity contribution in [2.75, 3.05) is 5.32 Å². The van der Waals surface area contributed by atoms with E-state index >= 15 is 0 Å². The number of carbonyl (C=O) groups excluding carboxylic acids is 1. The lowest BCUT2D eigenvalue weighted by atomic mass is 10.1. The first-order valence-corrected chi connectivity index (χ1v) is 9.89. The normalized spacial score (nSPS) is 11.1. The highest BCUT2D eigenvalue weighted by molar-refractivity contribution is 6.04. The zero-order chi connectivity index (χ0) is 22.2. The molecule has 5 rings (SSSR count). The topological polar surface area (TPSA) is 90.5 Å². The lowest BCUT2D eigenvalue weighted by molar-refractivity contribution is 0.102. The zero-order valence-electron chi connectivity index (χ0n) is 17.3. The Bertz CT molecular complexity index is 1450. The zero-order valence-corrected chi connectivity index (χ0v) is 17.3. The predicted octanol–water partition coefficient (Wildman–Crippen LogP) is 4.01. The maximum Gasteiger partial charge on any atom is 0.256 e. The van der Waals surface area contributed by atoms with Crippen LogP contribution < -0.4 is 5.32 Å². The molecule has 0 radical (unpaired) electrons. The molecule has 158 valence electrons. The van der Waals surface area contributed by atoms with Gasteiger partial charge in [-0.1, -0.05) is 17.7 Å². The van der Waals surface area contributed by atoms with Gasteiger partial charge in [0.05, 0.1) is 23.0 Å². The fraction of sp³-hybridized carbons (Fsp3) is 0.0870. The molecule has 9 heteroatoms. The maximum absolute atomic E-state index is 13.3. The van der Waals surface area contributed by atoms with Crippen LogP contribution in [0.4, 0.5) is 10.2 Å². The van der Waals surface area contributed by atoms with E-state index < -0.39 is 0 Å². The van der Waals surface area contributed by atoms with Gasteiger partial charge in [0.2, 0.25) is 0 Å². The first kappa shape index (κ1) is 19.6. The Labute approximate surface area is 182 Å². The number of rotatable bonds is 4. The van der Waals surface area contributed by atoms with Gasteiger partial charge < -0.3 is 5.32 Å². The molecule has 0 aliphatic rings. The second kappa shape index (κ2) is 7.69. The number of nitrogens with zero attached hydrogens (tertiary/aromatic N) is 6. The Hall–Kier alpha value is -4.40. The summed E-state index contributed by atoms with van der Waals surface area (Å²) in [5.74, 6) is 0.364. The third-order valence-corrected chi connectivity index (χ3v) is 4.97. The van der Waals surface area contributed by atoms with Crippen molar-refractivity contribution in [3.8, 4) is 11.5 Å². The van der Waals surface area contributed by atoms with Gasteiger partial charge in [0, 0.05) is 11.6 Å². The molecule has 0 fully saturated rings. The summed E-state index contributed by atoms with van der Waals surface area (Å²) >= 11 is 0. The van der Waals surface area contributed by atoms with Crippen LogP contribution in [0.3, 0.4) is 0 Å². The average Bonchev–Trinajstić information content (AvgIpc) is 3.37. The molecule has 32 heavy (non-hydrogen) atoms. The molecule has 0 saturated carbocycles. The van der Waals surface area contributed by atoms with Crippen molar-refractivity contribution >= 4 is 22.8 Å². The third-order valence-electron chi connectivity index (χ3n) is 4.97. The molecule has 0 bridgehead atoms. The Kier molecular flexibility index (Phi) is 4.70. The summed E-state index contributed by atoms with van der Waals surface area (Å²) < 4.78 is 16.5. The summed E-state index contributed by atoms with van der Waals surface area (Å²) in [6.45, 7) is 3.76. The molecule has 5 aromatic rings. The van der Waals surface area contributed by atoms with Gasteiger partial charge in [0.15, 0.2) is 11.5 Å².